The summed E-state index contributed by atoms with van der Waals surface area (Å²) in [5, 5.41) is 10.9. The smallest absolute Gasteiger partial charge is 0.338 e. The van der Waals surface area contributed by atoms with Crippen molar-refractivity contribution in [2.45, 2.75) is 52.2 Å². The van der Waals surface area contributed by atoms with Gasteiger partial charge in [-0.2, -0.15) is 0 Å². The van der Waals surface area contributed by atoms with E-state index in [4.69, 9.17) is 0 Å². The zero-order valence-corrected chi connectivity index (χ0v) is 17.2. The Bertz CT molecular complexity index is 658. The molecule has 2 rings (SSSR count). The van der Waals surface area contributed by atoms with E-state index in [0.717, 1.165) is 37.4 Å². The van der Waals surface area contributed by atoms with Gasteiger partial charge in [0, 0.05) is 18.3 Å². The second-order valence-electron chi connectivity index (χ2n) is 8.14. The molecule has 0 unspecified atom stereocenters. The quantitative estimate of drug-likeness (QED) is 0.667. The monoisotopic (exact) mass is 373 g/mol. The van der Waals surface area contributed by atoms with Crippen LogP contribution in [-0.2, 0) is 11.2 Å². The Labute approximate surface area is 162 Å². The van der Waals surface area contributed by atoms with Gasteiger partial charge in [0.05, 0.1) is 10.6 Å². The second-order valence-corrected chi connectivity index (χ2v) is 9.56. The maximum absolute atomic E-state index is 11.7. The molecule has 142 valence electrons. The Morgan fingerprint density at radius 2 is 1.96 bits per heavy atom. The van der Waals surface area contributed by atoms with Crippen LogP contribution in [-0.4, -0.2) is 34.3 Å². The van der Waals surface area contributed by atoms with Crippen LogP contribution < -0.4 is 0 Å². The van der Waals surface area contributed by atoms with Gasteiger partial charge in [-0.05, 0) is 36.3 Å². The molecule has 1 aromatic carbocycles. The predicted octanol–water partition coefficient (Wildman–Crippen LogP) is 5.35. The molecule has 26 heavy (non-hydrogen) atoms. The number of aliphatic carboxylic acids is 1. The molecule has 0 aliphatic carbocycles. The first-order valence-corrected chi connectivity index (χ1v) is 10.2. The van der Waals surface area contributed by atoms with Gasteiger partial charge in [-0.3, -0.25) is 0 Å². The maximum atomic E-state index is 11.7. The summed E-state index contributed by atoms with van der Waals surface area (Å²) in [6.45, 7) is 10.6. The number of thioether (sulfide) groups is 1. The molecule has 0 amide bonds. The minimum absolute atomic E-state index is 0.235. The van der Waals surface area contributed by atoms with Crippen LogP contribution in [0.4, 0.5) is 0 Å². The van der Waals surface area contributed by atoms with Gasteiger partial charge in [-0.25, -0.2) is 4.79 Å². The number of carboxylic acids is 1. The third-order valence-corrected chi connectivity index (χ3v) is 5.82. The van der Waals surface area contributed by atoms with Crippen LogP contribution >= 0.6 is 11.8 Å². The number of benzene rings is 1. The minimum atomic E-state index is -0.834. The van der Waals surface area contributed by atoms with Crippen LogP contribution in [0.2, 0.25) is 0 Å². The third-order valence-electron chi connectivity index (χ3n) is 4.49. The molecule has 0 bridgehead atoms. The maximum Gasteiger partial charge on any atom is 0.338 e. The normalized spacial score (nSPS) is 16.1. The van der Waals surface area contributed by atoms with Gasteiger partial charge >= 0.3 is 5.97 Å². The fourth-order valence-electron chi connectivity index (χ4n) is 2.85. The average Bonchev–Trinajstić information content (AvgIpc) is 2.59. The summed E-state index contributed by atoms with van der Waals surface area (Å²) >= 11 is 1.71. The molecule has 0 aromatic heterocycles. The lowest BCUT2D eigenvalue weighted by atomic mass is 9.92. The molecule has 1 aromatic rings. The fraction of sp³-hybridized carbons (Fsp3) is 0.500. The summed E-state index contributed by atoms with van der Waals surface area (Å²) in [5.41, 5.74) is 2.00. The summed E-state index contributed by atoms with van der Waals surface area (Å²) in [6.07, 6.45) is 6.81. The van der Waals surface area contributed by atoms with Gasteiger partial charge in [-0.15, -0.1) is 11.8 Å². The van der Waals surface area contributed by atoms with Gasteiger partial charge in [0.15, 0.2) is 0 Å². The summed E-state index contributed by atoms with van der Waals surface area (Å²) in [4.78, 5) is 14.0. The molecule has 0 spiro atoms. The van der Waals surface area contributed by atoms with Crippen LogP contribution in [0.15, 0.2) is 53.1 Å². The molecule has 0 fully saturated rings. The SMILES string of the molecule is C[C@H](CCc1ccccc1)SC1=C(C(=O)O)C=CCN1CCC(C)(C)C. The van der Waals surface area contributed by atoms with Gasteiger partial charge in [-0.1, -0.05) is 64.1 Å². The van der Waals surface area contributed by atoms with Crippen molar-refractivity contribution in [3.05, 3.63) is 58.6 Å². The second kappa shape index (κ2) is 9.31. The molecule has 0 radical (unpaired) electrons. The fourth-order valence-corrected chi connectivity index (χ4v) is 4.06. The van der Waals surface area contributed by atoms with E-state index in [9.17, 15) is 9.90 Å². The third kappa shape index (κ3) is 6.56. The van der Waals surface area contributed by atoms with E-state index in [1.165, 1.54) is 5.56 Å². The van der Waals surface area contributed by atoms with Crippen molar-refractivity contribution in [1.82, 2.24) is 4.90 Å². The molecule has 1 aliphatic rings. The highest BCUT2D eigenvalue weighted by Crippen LogP contribution is 2.34. The van der Waals surface area contributed by atoms with E-state index in [0.29, 0.717) is 10.8 Å². The van der Waals surface area contributed by atoms with Crippen molar-refractivity contribution >= 4 is 17.7 Å². The summed E-state index contributed by atoms with van der Waals surface area (Å²) < 4.78 is 0. The summed E-state index contributed by atoms with van der Waals surface area (Å²) in [6, 6.07) is 10.5. The van der Waals surface area contributed by atoms with Crippen LogP contribution in [0.3, 0.4) is 0 Å². The first-order valence-electron chi connectivity index (χ1n) is 9.36. The van der Waals surface area contributed by atoms with Gasteiger partial charge in [0.1, 0.15) is 0 Å². The largest absolute Gasteiger partial charge is 0.478 e. The van der Waals surface area contributed by atoms with Gasteiger partial charge < -0.3 is 10.0 Å². The van der Waals surface area contributed by atoms with Gasteiger partial charge in [0.2, 0.25) is 0 Å². The molecule has 1 atom stereocenters. The highest BCUT2D eigenvalue weighted by molar-refractivity contribution is 8.03. The van der Waals surface area contributed by atoms with Crippen molar-refractivity contribution in [2.24, 2.45) is 5.41 Å². The van der Waals surface area contributed by atoms with Gasteiger partial charge in [0.25, 0.3) is 0 Å². The number of hydrogen-bond acceptors (Lipinski definition) is 3. The molecule has 3 nitrogen and oxygen atoms in total. The van der Waals surface area contributed by atoms with Crippen molar-refractivity contribution in [3.63, 3.8) is 0 Å². The lowest BCUT2D eigenvalue weighted by molar-refractivity contribution is -0.132. The minimum Gasteiger partial charge on any atom is -0.478 e. The molecule has 0 saturated heterocycles. The Morgan fingerprint density at radius 3 is 2.58 bits per heavy atom. The summed E-state index contributed by atoms with van der Waals surface area (Å²) in [5.74, 6) is -0.834. The van der Waals surface area contributed by atoms with Crippen molar-refractivity contribution in [1.29, 1.82) is 0 Å². The molecular weight excluding hydrogens is 342 g/mol. The average molecular weight is 374 g/mol. The van der Waals surface area contributed by atoms with Crippen LogP contribution in [0.1, 0.15) is 46.1 Å². The molecular formula is C22H31NO2S. The Hall–Kier alpha value is -1.68. The number of hydrogen-bond donors (Lipinski definition) is 1. The number of carbonyl (C=O) groups is 1. The molecule has 1 N–H and O–H groups in total. The number of carboxylic acid groups (broad SMARTS) is 1. The van der Waals surface area contributed by atoms with Crippen LogP contribution in [0.25, 0.3) is 0 Å². The van der Waals surface area contributed by atoms with E-state index in [1.54, 1.807) is 17.8 Å². The number of nitrogens with zero attached hydrogens (tertiary/aromatic N) is 1. The Kier molecular flexibility index (Phi) is 7.39. The Balaban J connectivity index is 2.06. The zero-order valence-electron chi connectivity index (χ0n) is 16.4. The predicted molar refractivity (Wildman–Crippen MR) is 111 cm³/mol. The molecule has 4 heteroatoms. The highest BCUT2D eigenvalue weighted by Gasteiger charge is 2.24. The van der Waals surface area contributed by atoms with Crippen molar-refractivity contribution in [2.75, 3.05) is 13.1 Å². The zero-order chi connectivity index (χ0) is 19.2. The van der Waals surface area contributed by atoms with E-state index in [2.05, 4.69) is 56.9 Å². The molecule has 1 heterocycles. The van der Waals surface area contributed by atoms with Crippen molar-refractivity contribution < 1.29 is 9.90 Å². The molecule has 0 saturated carbocycles. The number of rotatable bonds is 8. The van der Waals surface area contributed by atoms with Crippen LogP contribution in [0.5, 0.6) is 0 Å². The van der Waals surface area contributed by atoms with E-state index in [-0.39, 0.29) is 5.41 Å². The molecule has 1 aliphatic heterocycles. The summed E-state index contributed by atoms with van der Waals surface area (Å²) in [7, 11) is 0. The highest BCUT2D eigenvalue weighted by atomic mass is 32.2. The standard InChI is InChI=1S/C22H31NO2S/c1-17(12-13-18-9-6-5-7-10-18)26-20-19(21(24)25)11-8-15-23(20)16-14-22(2,3)4/h5-11,17H,12-16H2,1-4H3,(H,24,25)/t17-/m1/s1. The van der Waals surface area contributed by atoms with E-state index in [1.807, 2.05) is 12.1 Å². The number of aryl methyl sites for hydroxylation is 1. The first kappa shape index (κ1) is 20.6. The Morgan fingerprint density at radius 1 is 1.27 bits per heavy atom. The van der Waals surface area contributed by atoms with E-state index >= 15 is 0 Å². The van der Waals surface area contributed by atoms with Crippen molar-refractivity contribution in [3.8, 4) is 0 Å². The first-order chi connectivity index (χ1) is 12.3. The van der Waals surface area contributed by atoms with Crippen LogP contribution in [0, 0.1) is 5.41 Å². The lowest BCUT2D eigenvalue weighted by Gasteiger charge is -2.33. The van der Waals surface area contributed by atoms with E-state index < -0.39 is 5.97 Å². The lowest BCUT2D eigenvalue weighted by Crippen LogP contribution is -2.31. The topological polar surface area (TPSA) is 40.5 Å².